The third-order valence-corrected chi connectivity index (χ3v) is 3.92. The Morgan fingerprint density at radius 1 is 1.21 bits per heavy atom. The van der Waals surface area contributed by atoms with Crippen molar-refractivity contribution in [2.24, 2.45) is 0 Å². The van der Waals surface area contributed by atoms with Gasteiger partial charge < -0.3 is 24.1 Å². The average Bonchev–Trinajstić information content (AvgIpc) is 2.66. The fourth-order valence-electron chi connectivity index (χ4n) is 2.58. The number of aliphatic hydroxyl groups is 1. The Morgan fingerprint density at radius 2 is 1.86 bits per heavy atom. The number of amides is 1. The molecule has 0 unspecified atom stereocenters. The van der Waals surface area contributed by atoms with E-state index in [1.165, 1.54) is 0 Å². The van der Waals surface area contributed by atoms with Gasteiger partial charge in [-0.3, -0.25) is 10.2 Å². The highest BCUT2D eigenvalue weighted by Crippen LogP contribution is 2.14. The molecule has 0 bridgehead atoms. The molecule has 0 radical (unpaired) electrons. The van der Waals surface area contributed by atoms with Gasteiger partial charge in [-0.1, -0.05) is 30.3 Å². The molecule has 1 fully saturated rings. The van der Waals surface area contributed by atoms with Gasteiger partial charge in [-0.2, -0.15) is 0 Å². The Morgan fingerprint density at radius 3 is 2.48 bits per heavy atom. The highest BCUT2D eigenvalue weighted by molar-refractivity contribution is 5.77. The van der Waals surface area contributed by atoms with Crippen LogP contribution in [0.2, 0.25) is 0 Å². The minimum absolute atomic E-state index is 0.0352. The summed E-state index contributed by atoms with van der Waals surface area (Å²) in [4.78, 5) is 24.5. The third-order valence-electron chi connectivity index (χ3n) is 3.92. The molecule has 1 saturated heterocycles. The zero-order valence-electron chi connectivity index (χ0n) is 17.1. The van der Waals surface area contributed by atoms with Crippen LogP contribution in [0.1, 0.15) is 39.2 Å². The molecule has 1 aliphatic rings. The standard InChI is InChI=1S/C20H30N2O7/c1-20(2,3)29-19(25)22-21-17(15(23)12-16-26-10-7-11-27-16)18(24)28-13-14-8-5-4-6-9-14/h4-6,8-9,15-17,21,23H,7,10-13H2,1-3H3,(H,22,25)/t15-,17-/m0/s1. The molecule has 9 nitrogen and oxygen atoms in total. The van der Waals surface area contributed by atoms with E-state index in [2.05, 4.69) is 10.9 Å². The van der Waals surface area contributed by atoms with Crippen LogP contribution in [-0.2, 0) is 30.3 Å². The van der Waals surface area contributed by atoms with Crippen molar-refractivity contribution < 1.29 is 33.6 Å². The van der Waals surface area contributed by atoms with Crippen LogP contribution in [0, 0.1) is 0 Å². The Balaban J connectivity index is 1.96. The second kappa shape index (κ2) is 11.1. The molecule has 2 atom stereocenters. The molecule has 0 aliphatic carbocycles. The maximum Gasteiger partial charge on any atom is 0.422 e. The van der Waals surface area contributed by atoms with Crippen molar-refractivity contribution in [3.8, 4) is 0 Å². The Bertz CT molecular complexity index is 642. The first-order valence-corrected chi connectivity index (χ1v) is 9.61. The second-order valence-electron chi connectivity index (χ2n) is 7.67. The third kappa shape index (κ3) is 8.78. The van der Waals surface area contributed by atoms with E-state index in [0.717, 1.165) is 12.0 Å². The molecule has 1 aromatic rings. The Kier molecular flexibility index (Phi) is 8.84. The molecular weight excluding hydrogens is 380 g/mol. The van der Waals surface area contributed by atoms with Gasteiger partial charge in [0, 0.05) is 6.42 Å². The zero-order valence-corrected chi connectivity index (χ0v) is 17.1. The SMILES string of the molecule is CC(C)(C)OC(=O)NN[C@H](C(=O)OCc1ccccc1)[C@@H](O)CC1OCCCO1. The number of rotatable bonds is 8. The van der Waals surface area contributed by atoms with E-state index in [0.29, 0.717) is 13.2 Å². The van der Waals surface area contributed by atoms with E-state index in [4.69, 9.17) is 18.9 Å². The van der Waals surface area contributed by atoms with E-state index < -0.39 is 36.1 Å². The molecule has 162 valence electrons. The normalized spacial score (nSPS) is 17.2. The summed E-state index contributed by atoms with van der Waals surface area (Å²) in [6.45, 7) is 6.21. The Labute approximate surface area is 170 Å². The predicted molar refractivity (Wildman–Crippen MR) is 103 cm³/mol. The van der Waals surface area contributed by atoms with Crippen LogP contribution < -0.4 is 10.9 Å². The van der Waals surface area contributed by atoms with Crippen LogP contribution in [0.3, 0.4) is 0 Å². The molecule has 29 heavy (non-hydrogen) atoms. The summed E-state index contributed by atoms with van der Waals surface area (Å²) in [5.41, 5.74) is 4.88. The molecule has 0 saturated carbocycles. The minimum Gasteiger partial charge on any atom is -0.460 e. The quantitative estimate of drug-likeness (QED) is 0.438. The summed E-state index contributed by atoms with van der Waals surface area (Å²) in [5.74, 6) is -0.728. The topological polar surface area (TPSA) is 115 Å². The maximum atomic E-state index is 12.6. The maximum absolute atomic E-state index is 12.6. The first-order chi connectivity index (χ1) is 13.7. The fraction of sp³-hybridized carbons (Fsp3) is 0.600. The number of esters is 1. The Hall–Kier alpha value is -2.20. The number of hydrogen-bond donors (Lipinski definition) is 3. The van der Waals surface area contributed by atoms with Crippen molar-refractivity contribution in [1.82, 2.24) is 10.9 Å². The number of ether oxygens (including phenoxy) is 4. The first-order valence-electron chi connectivity index (χ1n) is 9.61. The monoisotopic (exact) mass is 410 g/mol. The number of hydrogen-bond acceptors (Lipinski definition) is 8. The summed E-state index contributed by atoms with van der Waals surface area (Å²) in [6, 6.07) is 7.91. The molecular formula is C20H30N2O7. The number of nitrogens with one attached hydrogen (secondary N) is 2. The van der Waals surface area contributed by atoms with Crippen LogP contribution in [0.15, 0.2) is 30.3 Å². The number of hydrazine groups is 1. The molecule has 1 aromatic carbocycles. The van der Waals surface area contributed by atoms with Crippen molar-refractivity contribution in [2.45, 2.75) is 64.3 Å². The molecule has 2 rings (SSSR count). The average molecular weight is 410 g/mol. The molecule has 3 N–H and O–H groups in total. The summed E-state index contributed by atoms with van der Waals surface area (Å²) < 4.78 is 21.3. The van der Waals surface area contributed by atoms with Crippen molar-refractivity contribution in [1.29, 1.82) is 0 Å². The summed E-state index contributed by atoms with van der Waals surface area (Å²) in [5, 5.41) is 10.6. The molecule has 1 aliphatic heterocycles. The van der Waals surface area contributed by atoms with E-state index in [9.17, 15) is 14.7 Å². The van der Waals surface area contributed by atoms with Crippen molar-refractivity contribution >= 4 is 12.1 Å². The van der Waals surface area contributed by atoms with Crippen molar-refractivity contribution in [3.63, 3.8) is 0 Å². The van der Waals surface area contributed by atoms with Crippen molar-refractivity contribution in [3.05, 3.63) is 35.9 Å². The van der Waals surface area contributed by atoms with Gasteiger partial charge in [0.2, 0.25) is 0 Å². The molecule has 9 heteroatoms. The molecule has 1 amide bonds. The van der Waals surface area contributed by atoms with E-state index in [1.54, 1.807) is 20.8 Å². The van der Waals surface area contributed by atoms with Crippen LogP contribution in [-0.4, -0.2) is 54.4 Å². The smallest absolute Gasteiger partial charge is 0.422 e. The lowest BCUT2D eigenvalue weighted by molar-refractivity contribution is -0.194. The van der Waals surface area contributed by atoms with Gasteiger partial charge in [0.25, 0.3) is 0 Å². The van der Waals surface area contributed by atoms with Gasteiger partial charge in [0.05, 0.1) is 19.3 Å². The highest BCUT2D eigenvalue weighted by Gasteiger charge is 2.32. The van der Waals surface area contributed by atoms with Gasteiger partial charge in [-0.15, -0.1) is 0 Å². The number of carbonyl (C=O) groups is 2. The molecule has 1 heterocycles. The van der Waals surface area contributed by atoms with Gasteiger partial charge in [-0.25, -0.2) is 10.2 Å². The van der Waals surface area contributed by atoms with E-state index in [1.807, 2.05) is 30.3 Å². The van der Waals surface area contributed by atoms with Crippen LogP contribution in [0.25, 0.3) is 0 Å². The van der Waals surface area contributed by atoms with Crippen LogP contribution >= 0.6 is 0 Å². The molecule has 0 aromatic heterocycles. The van der Waals surface area contributed by atoms with Gasteiger partial charge in [0.15, 0.2) is 6.29 Å². The predicted octanol–water partition coefficient (Wildman–Crippen LogP) is 1.64. The number of benzene rings is 1. The van der Waals surface area contributed by atoms with Gasteiger partial charge in [-0.05, 0) is 32.8 Å². The lowest BCUT2D eigenvalue weighted by Gasteiger charge is -2.29. The fourth-order valence-corrected chi connectivity index (χ4v) is 2.58. The largest absolute Gasteiger partial charge is 0.460 e. The summed E-state index contributed by atoms with van der Waals surface area (Å²) in [7, 11) is 0. The highest BCUT2D eigenvalue weighted by atomic mass is 16.7. The van der Waals surface area contributed by atoms with Crippen LogP contribution in [0.5, 0.6) is 0 Å². The summed E-state index contributed by atoms with van der Waals surface area (Å²) in [6.07, 6.45) is -1.83. The van der Waals surface area contributed by atoms with Gasteiger partial charge >= 0.3 is 12.1 Å². The number of carbonyl (C=O) groups excluding carboxylic acids is 2. The lowest BCUT2D eigenvalue weighted by atomic mass is 10.1. The van der Waals surface area contributed by atoms with Crippen LogP contribution in [0.4, 0.5) is 4.79 Å². The lowest BCUT2D eigenvalue weighted by Crippen LogP contribution is -2.56. The van der Waals surface area contributed by atoms with Crippen molar-refractivity contribution in [2.75, 3.05) is 13.2 Å². The summed E-state index contributed by atoms with van der Waals surface area (Å²) >= 11 is 0. The molecule has 0 spiro atoms. The van der Waals surface area contributed by atoms with E-state index >= 15 is 0 Å². The minimum atomic E-state index is -1.24. The van der Waals surface area contributed by atoms with Gasteiger partial charge in [0.1, 0.15) is 18.2 Å². The first kappa shape index (κ1) is 23.1. The van der Waals surface area contributed by atoms with E-state index in [-0.39, 0.29) is 13.0 Å². The number of aliphatic hydroxyl groups excluding tert-OH is 1. The zero-order chi connectivity index (χ0) is 21.3. The second-order valence-corrected chi connectivity index (χ2v) is 7.67.